The van der Waals surface area contributed by atoms with E-state index < -0.39 is 91.0 Å². The number of amides is 2. The predicted molar refractivity (Wildman–Crippen MR) is 167 cm³/mol. The Morgan fingerprint density at radius 3 is 2.63 bits per heavy atom. The molecule has 266 valence electrons. The molecule has 5 rings (SSSR count). The Morgan fingerprint density at radius 1 is 1.24 bits per heavy atom. The Morgan fingerprint density at radius 2 is 1.98 bits per heavy atom. The number of benzene rings is 1. The number of hydrogen-bond donors (Lipinski definition) is 3. The maximum absolute atomic E-state index is 14.3. The van der Waals surface area contributed by atoms with Crippen LogP contribution in [0.15, 0.2) is 34.3 Å². The second kappa shape index (κ2) is 13.6. The number of aromatic nitrogens is 1. The minimum atomic E-state index is -4.79. The largest absolute Gasteiger partial charge is 0.469 e. The Hall–Kier alpha value is -4.18. The first-order chi connectivity index (χ1) is 22.9. The maximum Gasteiger partial charge on any atom is 0.469 e. The predicted octanol–water partition coefficient (Wildman–Crippen LogP) is 3.18. The van der Waals surface area contributed by atoms with Crippen LogP contribution in [0.4, 0.5) is 8.78 Å². The Bertz CT molecular complexity index is 1810. The first-order valence-electron chi connectivity index (χ1n) is 15.4. The third-order valence-corrected chi connectivity index (χ3v) is 9.26. The van der Waals surface area contributed by atoms with Gasteiger partial charge in [-0.3, -0.25) is 23.7 Å². The quantitative estimate of drug-likeness (QED) is 0.176. The average Bonchev–Trinajstić information content (AvgIpc) is 3.34. The number of rotatable bonds is 11. The summed E-state index contributed by atoms with van der Waals surface area (Å²) in [6.45, 7) is 5.12. The molecule has 2 aromatic rings. The number of carbonyl (C=O) groups excluding carboxylic acids is 3. The molecular formula is C31H37F2N4O11P. The monoisotopic (exact) mass is 710 g/mol. The second-order valence-corrected chi connectivity index (χ2v) is 14.5. The fourth-order valence-electron chi connectivity index (χ4n) is 6.25. The number of ether oxygens (including phenoxy) is 2. The van der Waals surface area contributed by atoms with E-state index in [2.05, 4.69) is 15.0 Å². The van der Waals surface area contributed by atoms with Gasteiger partial charge in [-0.05, 0) is 38.2 Å². The molecule has 0 radical (unpaired) electrons. The molecule has 0 aliphatic carbocycles. The molecule has 3 aliphatic rings. The summed E-state index contributed by atoms with van der Waals surface area (Å²) in [7, 11) is -4.79. The number of phosphoric ester groups is 1. The number of hydrogen-bond acceptors (Lipinski definition) is 10. The van der Waals surface area contributed by atoms with E-state index >= 15 is 0 Å². The highest BCUT2D eigenvalue weighted by molar-refractivity contribution is 7.46. The van der Waals surface area contributed by atoms with Gasteiger partial charge in [-0.1, -0.05) is 25.1 Å². The Labute approximate surface area is 279 Å². The van der Waals surface area contributed by atoms with Gasteiger partial charge in [0.15, 0.2) is 11.3 Å². The van der Waals surface area contributed by atoms with E-state index in [-0.39, 0.29) is 30.3 Å². The summed E-state index contributed by atoms with van der Waals surface area (Å²) in [5, 5.41) is 6.63. The van der Waals surface area contributed by atoms with Gasteiger partial charge in [0.1, 0.15) is 17.2 Å². The molecule has 1 saturated heterocycles. The van der Waals surface area contributed by atoms with Crippen LogP contribution in [0.2, 0.25) is 0 Å². The molecule has 2 amide bonds. The van der Waals surface area contributed by atoms with E-state index in [0.29, 0.717) is 25.3 Å². The Balaban J connectivity index is 1.48. The van der Waals surface area contributed by atoms with E-state index in [1.165, 1.54) is 24.6 Å². The van der Waals surface area contributed by atoms with Crippen LogP contribution in [-0.2, 0) is 30.0 Å². The topological polar surface area (TPSA) is 195 Å². The van der Waals surface area contributed by atoms with Crippen molar-refractivity contribution in [2.75, 3.05) is 19.9 Å². The minimum Gasteiger partial charge on any atom is -0.451 e. The van der Waals surface area contributed by atoms with Crippen LogP contribution in [0.1, 0.15) is 85.8 Å². The number of esters is 1. The van der Waals surface area contributed by atoms with Crippen LogP contribution >= 0.6 is 7.82 Å². The number of pyridine rings is 1. The van der Waals surface area contributed by atoms with Gasteiger partial charge in [0.2, 0.25) is 18.0 Å². The SMILES string of the molecule is CC1=NO[C@@]2(CC[C@H](C)N3C[C@H]2n2cc(C(=O)NCc4ccc(F)cc4F)c(=O)c(OCOC(=O)CC(C)(C)COP(=O)(O)O)c2C3=O)C1. The zero-order valence-corrected chi connectivity index (χ0v) is 28.1. The summed E-state index contributed by atoms with van der Waals surface area (Å²) in [6, 6.07) is 1.93. The molecule has 1 spiro atoms. The highest BCUT2D eigenvalue weighted by Gasteiger charge is 2.54. The zero-order valence-electron chi connectivity index (χ0n) is 27.2. The van der Waals surface area contributed by atoms with E-state index in [0.717, 1.165) is 17.8 Å². The van der Waals surface area contributed by atoms with E-state index in [1.54, 1.807) is 11.8 Å². The molecule has 1 fully saturated rings. The summed E-state index contributed by atoms with van der Waals surface area (Å²) >= 11 is 0. The van der Waals surface area contributed by atoms with Crippen LogP contribution in [0.3, 0.4) is 0 Å². The molecule has 3 N–H and O–H groups in total. The minimum absolute atomic E-state index is 0.0418. The van der Waals surface area contributed by atoms with E-state index in [9.17, 15) is 32.5 Å². The third kappa shape index (κ3) is 7.85. The fourth-order valence-corrected chi connectivity index (χ4v) is 6.77. The molecule has 0 unspecified atom stereocenters. The van der Waals surface area contributed by atoms with Gasteiger partial charge in [-0.15, -0.1) is 0 Å². The lowest BCUT2D eigenvalue weighted by Gasteiger charge is -2.42. The van der Waals surface area contributed by atoms with Crippen LogP contribution in [0.25, 0.3) is 0 Å². The van der Waals surface area contributed by atoms with Gasteiger partial charge in [0, 0.05) is 43.4 Å². The zero-order chi connectivity index (χ0) is 35.9. The van der Waals surface area contributed by atoms with Gasteiger partial charge in [-0.25, -0.2) is 13.3 Å². The molecule has 1 aromatic carbocycles. The molecule has 18 heteroatoms. The van der Waals surface area contributed by atoms with Crippen molar-refractivity contribution < 1.29 is 56.4 Å². The average molecular weight is 711 g/mol. The fraction of sp³-hybridized carbons (Fsp3) is 0.516. The van der Waals surface area contributed by atoms with E-state index in [1.807, 2.05) is 6.92 Å². The third-order valence-electron chi connectivity index (χ3n) is 8.79. The molecule has 3 atom stereocenters. The highest BCUT2D eigenvalue weighted by Crippen LogP contribution is 2.46. The smallest absolute Gasteiger partial charge is 0.451 e. The normalized spacial score (nSPS) is 21.8. The first kappa shape index (κ1) is 36.1. The standard InChI is InChI=1S/C31H37F2N4O11P/c1-17-10-31(48-35-17)8-7-18(2)36-14-23(31)37-13-21(28(40)34-12-19-5-6-20(32)9-22(19)33)26(39)27(25(37)29(36)41)46-16-45-24(38)11-30(3,4)15-47-49(42,43)44/h5-6,9,13,18,23H,7-8,10-12,14-16H2,1-4H3,(H,34,40)(H2,42,43,44)/t18-,23+,31-/m0/s1. The van der Waals surface area contributed by atoms with Gasteiger partial charge >= 0.3 is 13.8 Å². The van der Waals surface area contributed by atoms with Crippen molar-refractivity contribution in [3.05, 3.63) is 63.1 Å². The number of phosphoric acid groups is 1. The van der Waals surface area contributed by atoms with Crippen molar-refractivity contribution in [3.63, 3.8) is 0 Å². The van der Waals surface area contributed by atoms with Crippen LogP contribution in [0, 0.1) is 17.0 Å². The van der Waals surface area contributed by atoms with Crippen molar-refractivity contribution >= 4 is 31.3 Å². The van der Waals surface area contributed by atoms with Crippen LogP contribution < -0.4 is 15.5 Å². The summed E-state index contributed by atoms with van der Waals surface area (Å²) in [5.74, 6) is -4.66. The molecule has 15 nitrogen and oxygen atoms in total. The Kier molecular flexibility index (Phi) is 10.0. The summed E-state index contributed by atoms with van der Waals surface area (Å²) in [5.41, 5.74) is -2.99. The molecule has 3 aliphatic heterocycles. The molecule has 4 heterocycles. The van der Waals surface area contributed by atoms with Crippen LogP contribution in [-0.4, -0.2) is 74.3 Å². The number of oxime groups is 1. The molecule has 2 bridgehead atoms. The number of nitrogens with one attached hydrogen (secondary N) is 1. The van der Waals surface area contributed by atoms with Gasteiger partial charge in [0.25, 0.3) is 11.8 Å². The molecule has 49 heavy (non-hydrogen) atoms. The van der Waals surface area contributed by atoms with Crippen molar-refractivity contribution in [1.82, 2.24) is 14.8 Å². The lowest BCUT2D eigenvalue weighted by molar-refractivity contribution is -0.153. The van der Waals surface area contributed by atoms with Crippen molar-refractivity contribution in [3.8, 4) is 5.75 Å². The summed E-state index contributed by atoms with van der Waals surface area (Å²) in [4.78, 5) is 79.6. The maximum atomic E-state index is 14.3. The summed E-state index contributed by atoms with van der Waals surface area (Å²) in [6.07, 6.45) is 2.33. The number of nitrogens with zero attached hydrogens (tertiary/aromatic N) is 3. The van der Waals surface area contributed by atoms with Crippen molar-refractivity contribution in [2.24, 2.45) is 10.6 Å². The number of carbonyl (C=O) groups is 3. The lowest BCUT2D eigenvalue weighted by atomic mass is 9.84. The molecule has 0 saturated carbocycles. The second-order valence-electron chi connectivity index (χ2n) is 13.3. The molecule has 1 aromatic heterocycles. The van der Waals surface area contributed by atoms with Crippen molar-refractivity contribution in [1.29, 1.82) is 0 Å². The van der Waals surface area contributed by atoms with Crippen LogP contribution in [0.5, 0.6) is 5.75 Å². The number of fused-ring (bicyclic) bond motifs is 5. The van der Waals surface area contributed by atoms with Gasteiger partial charge in [0.05, 0.1) is 24.8 Å². The lowest BCUT2D eigenvalue weighted by Crippen LogP contribution is -2.52. The van der Waals surface area contributed by atoms with Gasteiger partial charge in [-0.2, -0.15) is 0 Å². The van der Waals surface area contributed by atoms with Crippen molar-refractivity contribution in [2.45, 2.75) is 77.6 Å². The summed E-state index contributed by atoms with van der Waals surface area (Å²) < 4.78 is 55.6. The highest BCUT2D eigenvalue weighted by atomic mass is 31.2. The first-order valence-corrected chi connectivity index (χ1v) is 17.0. The molecular weight excluding hydrogens is 673 g/mol. The van der Waals surface area contributed by atoms with Gasteiger partial charge < -0.3 is 38.9 Å². The number of halogens is 2. The van der Waals surface area contributed by atoms with E-state index in [4.69, 9.17) is 24.1 Å².